The van der Waals surface area contributed by atoms with Crippen molar-refractivity contribution in [3.05, 3.63) is 39.9 Å². The van der Waals surface area contributed by atoms with E-state index in [0.29, 0.717) is 10.8 Å². The van der Waals surface area contributed by atoms with Crippen LogP contribution in [0.25, 0.3) is 0 Å². The second-order valence-corrected chi connectivity index (χ2v) is 6.57. The predicted octanol–water partition coefficient (Wildman–Crippen LogP) is 4.14. The molecule has 3 nitrogen and oxygen atoms in total. The zero-order chi connectivity index (χ0) is 13.8. The van der Waals surface area contributed by atoms with Gasteiger partial charge in [-0.1, -0.05) is 29.4 Å². The van der Waals surface area contributed by atoms with Crippen LogP contribution in [0.1, 0.15) is 11.3 Å². The highest BCUT2D eigenvalue weighted by Crippen LogP contribution is 2.23. The first-order valence-electron chi connectivity index (χ1n) is 5.65. The van der Waals surface area contributed by atoms with Gasteiger partial charge >= 0.3 is 0 Å². The molecule has 0 radical (unpaired) electrons. The maximum absolute atomic E-state index is 11.9. The number of carbonyl (C=O) groups is 1. The fourth-order valence-corrected chi connectivity index (χ4v) is 3.26. The first kappa shape index (κ1) is 14.4. The number of thiazole rings is 1. The third kappa shape index (κ3) is 4.23. The van der Waals surface area contributed by atoms with Crippen LogP contribution in [0.2, 0.25) is 5.02 Å². The van der Waals surface area contributed by atoms with Gasteiger partial charge in [-0.2, -0.15) is 0 Å². The summed E-state index contributed by atoms with van der Waals surface area (Å²) < 4.78 is 0.912. The lowest BCUT2D eigenvalue weighted by Gasteiger charge is -2.08. The number of hydrogen-bond donors (Lipinski definition) is 1. The van der Waals surface area contributed by atoms with Gasteiger partial charge in [0.2, 0.25) is 5.91 Å². The van der Waals surface area contributed by atoms with Crippen molar-refractivity contribution in [2.75, 3.05) is 11.1 Å². The second kappa shape index (κ2) is 6.41. The SMILES string of the molecule is Cc1csc(SCC(=O)Nc2cc(Cl)ccc2C)n1. The maximum atomic E-state index is 11.9. The van der Waals surface area contributed by atoms with Gasteiger partial charge in [-0.25, -0.2) is 4.98 Å². The van der Waals surface area contributed by atoms with Crippen molar-refractivity contribution in [2.24, 2.45) is 0 Å². The zero-order valence-corrected chi connectivity index (χ0v) is 13.0. The first-order chi connectivity index (χ1) is 9.04. The summed E-state index contributed by atoms with van der Waals surface area (Å²) in [5, 5.41) is 5.45. The van der Waals surface area contributed by atoms with E-state index >= 15 is 0 Å². The Morgan fingerprint density at radius 1 is 1.47 bits per heavy atom. The molecule has 2 aromatic rings. The topological polar surface area (TPSA) is 42.0 Å². The van der Waals surface area contributed by atoms with E-state index in [9.17, 15) is 4.79 Å². The van der Waals surface area contributed by atoms with Crippen molar-refractivity contribution in [1.29, 1.82) is 0 Å². The Bertz CT molecular complexity index is 598. The second-order valence-electron chi connectivity index (χ2n) is 4.05. The van der Waals surface area contributed by atoms with Gasteiger partial charge in [-0.05, 0) is 31.5 Å². The Kier molecular flexibility index (Phi) is 4.85. The molecule has 2 rings (SSSR count). The van der Waals surface area contributed by atoms with Gasteiger partial charge in [-0.15, -0.1) is 11.3 Å². The van der Waals surface area contributed by atoms with Crippen LogP contribution in [-0.4, -0.2) is 16.6 Å². The molecule has 1 aromatic heterocycles. The van der Waals surface area contributed by atoms with Crippen molar-refractivity contribution < 1.29 is 4.79 Å². The van der Waals surface area contributed by atoms with Crippen LogP contribution in [0.5, 0.6) is 0 Å². The van der Waals surface area contributed by atoms with Crippen molar-refractivity contribution in [2.45, 2.75) is 18.2 Å². The summed E-state index contributed by atoms with van der Waals surface area (Å²) in [6, 6.07) is 5.45. The van der Waals surface area contributed by atoms with Crippen LogP contribution in [0.4, 0.5) is 5.69 Å². The lowest BCUT2D eigenvalue weighted by Crippen LogP contribution is -2.14. The number of amides is 1. The number of nitrogens with one attached hydrogen (secondary N) is 1. The van der Waals surface area contributed by atoms with Crippen LogP contribution in [-0.2, 0) is 4.79 Å². The molecular formula is C13H13ClN2OS2. The summed E-state index contributed by atoms with van der Waals surface area (Å²) in [6.45, 7) is 3.87. The largest absolute Gasteiger partial charge is 0.325 e. The van der Waals surface area contributed by atoms with Gasteiger partial charge < -0.3 is 5.32 Å². The molecule has 0 aliphatic heterocycles. The molecule has 0 atom stereocenters. The smallest absolute Gasteiger partial charge is 0.234 e. The Morgan fingerprint density at radius 2 is 2.26 bits per heavy atom. The van der Waals surface area contributed by atoms with Crippen molar-refractivity contribution in [3.8, 4) is 0 Å². The highest BCUT2D eigenvalue weighted by atomic mass is 35.5. The highest BCUT2D eigenvalue weighted by molar-refractivity contribution is 8.01. The molecule has 0 fully saturated rings. The van der Waals surface area contributed by atoms with E-state index in [-0.39, 0.29) is 5.91 Å². The Balaban J connectivity index is 1.92. The van der Waals surface area contributed by atoms with E-state index < -0.39 is 0 Å². The molecule has 0 spiro atoms. The average molecular weight is 313 g/mol. The van der Waals surface area contributed by atoms with Gasteiger partial charge in [0.05, 0.1) is 5.75 Å². The lowest BCUT2D eigenvalue weighted by atomic mass is 10.2. The molecule has 1 N–H and O–H groups in total. The van der Waals surface area contributed by atoms with Crippen LogP contribution < -0.4 is 5.32 Å². The summed E-state index contributed by atoms with van der Waals surface area (Å²) in [4.78, 5) is 16.2. The monoisotopic (exact) mass is 312 g/mol. The van der Waals surface area contributed by atoms with Gasteiger partial charge in [0.25, 0.3) is 0 Å². The van der Waals surface area contributed by atoms with E-state index in [4.69, 9.17) is 11.6 Å². The van der Waals surface area contributed by atoms with Crippen molar-refractivity contribution >= 4 is 46.3 Å². The third-order valence-electron chi connectivity index (χ3n) is 2.40. The fraction of sp³-hybridized carbons (Fsp3) is 0.231. The Morgan fingerprint density at radius 3 is 2.95 bits per heavy atom. The average Bonchev–Trinajstić information content (AvgIpc) is 2.77. The standard InChI is InChI=1S/C13H13ClN2OS2/c1-8-3-4-10(14)5-11(8)16-12(17)7-19-13-15-9(2)6-18-13/h3-6H,7H2,1-2H3,(H,16,17). The molecule has 19 heavy (non-hydrogen) atoms. The number of halogens is 1. The molecular weight excluding hydrogens is 300 g/mol. The summed E-state index contributed by atoms with van der Waals surface area (Å²) >= 11 is 8.91. The number of rotatable bonds is 4. The first-order valence-corrected chi connectivity index (χ1v) is 7.90. The van der Waals surface area contributed by atoms with Gasteiger partial charge in [0.15, 0.2) is 4.34 Å². The van der Waals surface area contributed by atoms with Crippen LogP contribution in [0.3, 0.4) is 0 Å². The summed E-state index contributed by atoms with van der Waals surface area (Å²) in [6.07, 6.45) is 0. The lowest BCUT2D eigenvalue weighted by molar-refractivity contribution is -0.113. The number of carbonyl (C=O) groups excluding carboxylic acids is 1. The Labute approximate surface area is 125 Å². The van der Waals surface area contributed by atoms with Gasteiger partial charge in [0.1, 0.15) is 0 Å². The number of anilines is 1. The van der Waals surface area contributed by atoms with Gasteiger partial charge in [-0.3, -0.25) is 4.79 Å². The minimum Gasteiger partial charge on any atom is -0.325 e. The quantitative estimate of drug-likeness (QED) is 0.863. The zero-order valence-electron chi connectivity index (χ0n) is 10.6. The minimum atomic E-state index is -0.0526. The van der Waals surface area contributed by atoms with Crippen molar-refractivity contribution in [3.63, 3.8) is 0 Å². The van der Waals surface area contributed by atoms with Crippen LogP contribution in [0.15, 0.2) is 27.9 Å². The molecule has 1 amide bonds. The Hall–Kier alpha value is -1.04. The molecule has 0 saturated heterocycles. The van der Waals surface area contributed by atoms with E-state index in [1.54, 1.807) is 23.5 Å². The number of nitrogens with zero attached hydrogens (tertiary/aromatic N) is 1. The number of benzene rings is 1. The minimum absolute atomic E-state index is 0.0526. The summed E-state index contributed by atoms with van der Waals surface area (Å²) in [5.41, 5.74) is 2.74. The molecule has 1 aromatic carbocycles. The molecule has 0 bridgehead atoms. The molecule has 0 aliphatic rings. The molecule has 0 saturated carbocycles. The van der Waals surface area contributed by atoms with Crippen LogP contribution >= 0.6 is 34.7 Å². The van der Waals surface area contributed by atoms with E-state index in [1.807, 2.05) is 25.3 Å². The highest BCUT2D eigenvalue weighted by Gasteiger charge is 2.08. The molecule has 0 aliphatic carbocycles. The third-order valence-corrected chi connectivity index (χ3v) is 4.77. The molecule has 100 valence electrons. The predicted molar refractivity (Wildman–Crippen MR) is 82.4 cm³/mol. The molecule has 6 heteroatoms. The number of hydrogen-bond acceptors (Lipinski definition) is 4. The maximum Gasteiger partial charge on any atom is 0.234 e. The normalized spacial score (nSPS) is 10.5. The summed E-state index contributed by atoms with van der Waals surface area (Å²) in [5.74, 6) is 0.294. The number of aromatic nitrogens is 1. The van der Waals surface area contributed by atoms with Gasteiger partial charge in [0, 0.05) is 21.8 Å². The van der Waals surface area contributed by atoms with Crippen LogP contribution in [0, 0.1) is 13.8 Å². The number of aryl methyl sites for hydroxylation is 2. The van der Waals surface area contributed by atoms with Crippen molar-refractivity contribution in [1.82, 2.24) is 4.98 Å². The summed E-state index contributed by atoms with van der Waals surface area (Å²) in [7, 11) is 0. The molecule has 1 heterocycles. The van der Waals surface area contributed by atoms with E-state index in [0.717, 1.165) is 21.3 Å². The fourth-order valence-electron chi connectivity index (χ4n) is 1.44. The number of thioether (sulfide) groups is 1. The van der Waals surface area contributed by atoms with E-state index in [2.05, 4.69) is 10.3 Å². The van der Waals surface area contributed by atoms with E-state index in [1.165, 1.54) is 11.8 Å². The molecule has 0 unspecified atom stereocenters.